The van der Waals surface area contributed by atoms with E-state index in [1.54, 1.807) is 0 Å². The second-order valence-electron chi connectivity index (χ2n) is 7.47. The fraction of sp³-hybridized carbons (Fsp3) is 0.500. The van der Waals surface area contributed by atoms with Crippen LogP contribution in [0.5, 0.6) is 0 Å². The zero-order valence-electron chi connectivity index (χ0n) is 19.3. The van der Waals surface area contributed by atoms with Crippen LogP contribution in [0.4, 0.5) is 0 Å². The summed E-state index contributed by atoms with van der Waals surface area (Å²) in [6.07, 6.45) is -7.49. The van der Waals surface area contributed by atoms with Gasteiger partial charge in [0.2, 0.25) is 12.4 Å². The van der Waals surface area contributed by atoms with E-state index in [2.05, 4.69) is 0 Å². The molecule has 0 saturated carbocycles. The van der Waals surface area contributed by atoms with Gasteiger partial charge in [0.15, 0.2) is 12.2 Å². The van der Waals surface area contributed by atoms with Gasteiger partial charge in [0.25, 0.3) is 0 Å². The minimum absolute atomic E-state index is 0.219. The standard InChI is InChI=1S/C22H24Cl2O11/c1-10(25)30-9-17-19(31-11(2)26)20(32-12(3)27)21(33-13(4)28)22(34-17)35-18(29)7-14-5-6-15(23)8-16(14)24/h5-6,8,17,19-22H,7,9H2,1-4H3/t17-,19-,20+,21-,22?/m1/s1/i16+2. The Labute approximate surface area is 210 Å². The first-order valence-corrected chi connectivity index (χ1v) is 11.1. The van der Waals surface area contributed by atoms with Crippen molar-refractivity contribution >= 4 is 53.0 Å². The SMILES string of the molecule is CC(=O)OC[C@H]1OC(OC(=O)Cc2ccc(Cl)c[14c]2Cl)[C@H](OC(C)=O)[C@@H](OC(C)=O)[C@@H]1OC(C)=O. The van der Waals surface area contributed by atoms with Crippen LogP contribution in [0.2, 0.25) is 10.0 Å². The number of ether oxygens (including phenoxy) is 6. The van der Waals surface area contributed by atoms with Gasteiger partial charge in [-0.2, -0.15) is 0 Å². The number of carbonyl (C=O) groups is 5. The van der Waals surface area contributed by atoms with Gasteiger partial charge in [-0.25, -0.2) is 0 Å². The molecule has 1 aromatic rings. The van der Waals surface area contributed by atoms with Gasteiger partial charge in [-0.15, -0.1) is 0 Å². The molecular formula is C22H24Cl2O11. The van der Waals surface area contributed by atoms with Crippen molar-refractivity contribution in [3.05, 3.63) is 33.8 Å². The number of carbonyl (C=O) groups excluding carboxylic acids is 5. The summed E-state index contributed by atoms with van der Waals surface area (Å²) in [6.45, 7) is 3.94. The zero-order chi connectivity index (χ0) is 26.3. The average Bonchev–Trinajstić information content (AvgIpc) is 2.72. The van der Waals surface area contributed by atoms with E-state index in [0.717, 1.165) is 27.7 Å². The monoisotopic (exact) mass is 536 g/mol. The van der Waals surface area contributed by atoms with E-state index in [4.69, 9.17) is 51.6 Å². The van der Waals surface area contributed by atoms with Crippen LogP contribution in [0.15, 0.2) is 18.2 Å². The van der Waals surface area contributed by atoms with E-state index < -0.39 is 67.2 Å². The lowest BCUT2D eigenvalue weighted by atomic mass is 9.98. The number of esters is 5. The summed E-state index contributed by atoms with van der Waals surface area (Å²) in [6, 6.07) is 4.50. The maximum absolute atomic E-state index is 12.7. The molecule has 0 aliphatic carbocycles. The van der Waals surface area contributed by atoms with E-state index >= 15 is 0 Å². The molecule has 0 bridgehead atoms. The molecular weight excluding hydrogens is 513 g/mol. The van der Waals surface area contributed by atoms with Gasteiger partial charge in [0.1, 0.15) is 12.7 Å². The molecule has 2 rings (SSSR count). The van der Waals surface area contributed by atoms with Crippen LogP contribution < -0.4 is 0 Å². The number of hydrogen-bond acceptors (Lipinski definition) is 11. The lowest BCUT2D eigenvalue weighted by molar-refractivity contribution is -0.300. The van der Waals surface area contributed by atoms with Crippen LogP contribution in [0.1, 0.15) is 33.3 Å². The maximum atomic E-state index is 12.7. The molecule has 11 nitrogen and oxygen atoms in total. The second-order valence-corrected chi connectivity index (χ2v) is 8.31. The summed E-state index contributed by atoms with van der Waals surface area (Å²) in [5.74, 6) is -3.92. The summed E-state index contributed by atoms with van der Waals surface area (Å²) in [5, 5.41) is 0.586. The molecule has 1 heterocycles. The average molecular weight is 537 g/mol. The van der Waals surface area contributed by atoms with Gasteiger partial charge < -0.3 is 28.4 Å². The number of rotatable bonds is 8. The molecule has 192 valence electrons. The Morgan fingerprint density at radius 2 is 1.43 bits per heavy atom. The third-order valence-electron chi connectivity index (χ3n) is 4.55. The van der Waals surface area contributed by atoms with Gasteiger partial charge >= 0.3 is 29.8 Å². The Morgan fingerprint density at radius 3 is 1.97 bits per heavy atom. The first-order chi connectivity index (χ1) is 16.4. The normalized spacial score (nSPS) is 23.5. The highest BCUT2D eigenvalue weighted by atomic mass is 35.5. The van der Waals surface area contributed by atoms with Crippen molar-refractivity contribution in [2.24, 2.45) is 0 Å². The highest BCUT2D eigenvalue weighted by Crippen LogP contribution is 2.30. The molecule has 5 atom stereocenters. The van der Waals surface area contributed by atoms with E-state index in [9.17, 15) is 24.0 Å². The zero-order valence-corrected chi connectivity index (χ0v) is 20.8. The summed E-state index contributed by atoms with van der Waals surface area (Å²) in [4.78, 5) is 59.4. The second kappa shape index (κ2) is 12.7. The Balaban J connectivity index is 2.37. The van der Waals surface area contributed by atoms with E-state index in [1.165, 1.54) is 18.2 Å². The number of benzene rings is 1. The topological polar surface area (TPSA) is 141 Å². The van der Waals surface area contributed by atoms with Crippen LogP contribution in [0.25, 0.3) is 0 Å². The molecule has 1 saturated heterocycles. The Morgan fingerprint density at radius 1 is 0.857 bits per heavy atom. The van der Waals surface area contributed by atoms with Crippen molar-refractivity contribution < 1.29 is 52.4 Å². The van der Waals surface area contributed by atoms with Crippen molar-refractivity contribution in [2.75, 3.05) is 6.61 Å². The van der Waals surface area contributed by atoms with E-state index in [-0.39, 0.29) is 11.4 Å². The molecule has 1 unspecified atom stereocenters. The summed E-state index contributed by atoms with van der Waals surface area (Å²) in [7, 11) is 0. The van der Waals surface area contributed by atoms with Crippen LogP contribution in [0, 0.1) is 0 Å². The summed E-state index contributed by atoms with van der Waals surface area (Å²) < 4.78 is 31.8. The fourth-order valence-electron chi connectivity index (χ4n) is 3.28. The number of halogens is 2. The van der Waals surface area contributed by atoms with Gasteiger partial charge in [-0.05, 0) is 17.7 Å². The van der Waals surface area contributed by atoms with Crippen LogP contribution in [-0.4, -0.2) is 67.2 Å². The largest absolute Gasteiger partial charge is 0.463 e. The predicted octanol–water partition coefficient (Wildman–Crippen LogP) is 2.16. The van der Waals surface area contributed by atoms with Gasteiger partial charge in [-0.3, -0.25) is 24.0 Å². The minimum Gasteiger partial charge on any atom is -0.463 e. The molecule has 1 fully saturated rings. The minimum atomic E-state index is -1.62. The molecule has 0 aromatic heterocycles. The first kappa shape index (κ1) is 28.3. The highest BCUT2D eigenvalue weighted by Gasteiger charge is 2.53. The molecule has 1 aromatic carbocycles. The summed E-state index contributed by atoms with van der Waals surface area (Å²) in [5.41, 5.74) is 0.395. The fourth-order valence-corrected chi connectivity index (χ4v) is 3.75. The molecule has 13 heteroatoms. The quantitative estimate of drug-likeness (QED) is 0.356. The van der Waals surface area contributed by atoms with Crippen LogP contribution in [0.3, 0.4) is 0 Å². The van der Waals surface area contributed by atoms with Crippen molar-refractivity contribution in [3.8, 4) is 0 Å². The number of hydrogen-bond donors (Lipinski definition) is 0. The van der Waals surface area contributed by atoms with Crippen LogP contribution in [-0.2, 0) is 58.8 Å². The molecule has 0 amide bonds. The third-order valence-corrected chi connectivity index (χ3v) is 5.13. The molecule has 1 aliphatic rings. The van der Waals surface area contributed by atoms with Crippen molar-refractivity contribution in [3.63, 3.8) is 0 Å². The van der Waals surface area contributed by atoms with Crippen molar-refractivity contribution in [2.45, 2.75) is 64.8 Å². The molecule has 0 radical (unpaired) electrons. The summed E-state index contributed by atoms with van der Waals surface area (Å²) >= 11 is 12.0. The maximum Gasteiger partial charge on any atom is 0.312 e. The van der Waals surface area contributed by atoms with Crippen LogP contribution >= 0.6 is 23.2 Å². The molecule has 35 heavy (non-hydrogen) atoms. The Bertz CT molecular complexity index is 980. The smallest absolute Gasteiger partial charge is 0.312 e. The predicted molar refractivity (Wildman–Crippen MR) is 118 cm³/mol. The Hall–Kier alpha value is -2.89. The Kier molecular flexibility index (Phi) is 10.3. The molecule has 1 aliphatic heterocycles. The third kappa shape index (κ3) is 8.68. The van der Waals surface area contributed by atoms with E-state index in [0.29, 0.717) is 10.6 Å². The molecule has 0 spiro atoms. The highest BCUT2D eigenvalue weighted by molar-refractivity contribution is 6.35. The lowest BCUT2D eigenvalue weighted by Gasteiger charge is -2.43. The molecule has 0 N–H and O–H groups in total. The van der Waals surface area contributed by atoms with Gasteiger partial charge in [0, 0.05) is 37.7 Å². The van der Waals surface area contributed by atoms with Gasteiger partial charge in [-0.1, -0.05) is 29.3 Å². The van der Waals surface area contributed by atoms with Crippen molar-refractivity contribution in [1.29, 1.82) is 0 Å². The lowest BCUT2D eigenvalue weighted by Crippen LogP contribution is -2.63. The van der Waals surface area contributed by atoms with Gasteiger partial charge in [0.05, 0.1) is 6.42 Å². The van der Waals surface area contributed by atoms with E-state index in [1.807, 2.05) is 0 Å². The first-order valence-electron chi connectivity index (χ1n) is 10.3. The van der Waals surface area contributed by atoms with Crippen molar-refractivity contribution in [1.82, 2.24) is 0 Å².